The Hall–Kier alpha value is -2.26. The fraction of sp³-hybridized carbons (Fsp3) is 0.167. The van der Waals surface area contributed by atoms with Crippen LogP contribution in [0.1, 0.15) is 19.4 Å². The molecule has 0 aliphatic heterocycles. The molecule has 0 unspecified atom stereocenters. The average Bonchev–Trinajstić information content (AvgIpc) is 2.48. The number of carbonyl (C=O) groups excluding carboxylic acids is 1. The Morgan fingerprint density at radius 2 is 1.77 bits per heavy atom. The van der Waals surface area contributed by atoms with Gasteiger partial charge in [-0.25, -0.2) is 0 Å². The van der Waals surface area contributed by atoms with Gasteiger partial charge in [0.15, 0.2) is 0 Å². The normalized spacial score (nSPS) is 11.4. The summed E-state index contributed by atoms with van der Waals surface area (Å²) in [6.45, 7) is 3.85. The highest BCUT2D eigenvalue weighted by Gasteiger charge is 2.22. The van der Waals surface area contributed by atoms with Crippen LogP contribution in [0.25, 0.3) is 0 Å². The smallest absolute Gasteiger partial charge is 0.245 e. The lowest BCUT2D eigenvalue weighted by Gasteiger charge is -2.26. The highest BCUT2D eigenvalue weighted by atomic mass is 35.5. The molecule has 4 heteroatoms. The standard InChI is InChI=1S/C18H18ClNO2/c1-18(2,20-17(21)11-12-19)14-7-6-10-16(13-14)22-15-8-4-3-5-9-15/h3-13H,1-2H3,(H,20,21)/b12-11+. The predicted molar refractivity (Wildman–Crippen MR) is 89.1 cm³/mol. The van der Waals surface area contributed by atoms with Gasteiger partial charge >= 0.3 is 0 Å². The van der Waals surface area contributed by atoms with Crippen molar-refractivity contribution in [2.45, 2.75) is 19.4 Å². The third kappa shape index (κ3) is 4.37. The second-order valence-corrected chi connectivity index (χ2v) is 5.60. The Labute approximate surface area is 135 Å². The van der Waals surface area contributed by atoms with E-state index in [0.717, 1.165) is 17.1 Å². The molecule has 114 valence electrons. The Morgan fingerprint density at radius 3 is 2.45 bits per heavy atom. The predicted octanol–water partition coefficient (Wildman–Crippen LogP) is 4.58. The molecule has 22 heavy (non-hydrogen) atoms. The SMILES string of the molecule is CC(C)(NC(=O)/C=C/Cl)c1cccc(Oc2ccccc2)c1. The number of rotatable bonds is 5. The maximum absolute atomic E-state index is 11.7. The number of nitrogens with one attached hydrogen (secondary N) is 1. The van der Waals surface area contributed by atoms with Gasteiger partial charge in [0.1, 0.15) is 11.5 Å². The molecule has 0 saturated heterocycles. The first-order valence-corrected chi connectivity index (χ1v) is 7.37. The number of amides is 1. The Bertz CT molecular complexity index is 666. The Morgan fingerprint density at radius 1 is 1.09 bits per heavy atom. The van der Waals surface area contributed by atoms with E-state index in [1.165, 1.54) is 11.6 Å². The van der Waals surface area contributed by atoms with E-state index >= 15 is 0 Å². The number of benzene rings is 2. The maximum Gasteiger partial charge on any atom is 0.245 e. The molecule has 2 rings (SSSR count). The number of halogens is 1. The van der Waals surface area contributed by atoms with Crippen molar-refractivity contribution in [1.29, 1.82) is 0 Å². The number of hydrogen-bond donors (Lipinski definition) is 1. The Kier molecular flexibility index (Phi) is 5.23. The summed E-state index contributed by atoms with van der Waals surface area (Å²) in [5.74, 6) is 1.25. The van der Waals surface area contributed by atoms with Crippen LogP contribution in [-0.2, 0) is 10.3 Å². The van der Waals surface area contributed by atoms with Crippen molar-refractivity contribution in [2.75, 3.05) is 0 Å². The van der Waals surface area contributed by atoms with Gasteiger partial charge in [0.2, 0.25) is 5.91 Å². The van der Waals surface area contributed by atoms with E-state index < -0.39 is 5.54 Å². The lowest BCUT2D eigenvalue weighted by atomic mass is 9.94. The highest BCUT2D eigenvalue weighted by molar-refractivity contribution is 6.26. The van der Waals surface area contributed by atoms with Gasteiger partial charge in [-0.15, -0.1) is 0 Å². The van der Waals surface area contributed by atoms with Crippen LogP contribution < -0.4 is 10.1 Å². The first kappa shape index (κ1) is 16.1. The molecule has 1 N–H and O–H groups in total. The van der Waals surface area contributed by atoms with Crippen LogP contribution in [0.15, 0.2) is 66.2 Å². The number of para-hydroxylation sites is 1. The van der Waals surface area contributed by atoms with Crippen LogP contribution in [0.2, 0.25) is 0 Å². The zero-order valence-corrected chi connectivity index (χ0v) is 13.3. The third-order valence-electron chi connectivity index (χ3n) is 3.18. The summed E-state index contributed by atoms with van der Waals surface area (Å²) in [5, 5.41) is 2.90. The monoisotopic (exact) mass is 315 g/mol. The van der Waals surface area contributed by atoms with Crippen LogP contribution in [0.5, 0.6) is 11.5 Å². The van der Waals surface area contributed by atoms with E-state index in [9.17, 15) is 4.79 Å². The molecule has 0 spiro atoms. The van der Waals surface area contributed by atoms with Crippen LogP contribution in [0.4, 0.5) is 0 Å². The van der Waals surface area contributed by atoms with Crippen molar-refractivity contribution in [3.8, 4) is 11.5 Å². The lowest BCUT2D eigenvalue weighted by molar-refractivity contribution is -0.118. The van der Waals surface area contributed by atoms with Crippen molar-refractivity contribution in [3.63, 3.8) is 0 Å². The molecule has 0 bridgehead atoms. The second-order valence-electron chi connectivity index (χ2n) is 5.35. The molecule has 0 atom stereocenters. The van der Waals surface area contributed by atoms with Gasteiger partial charge in [-0.05, 0) is 43.7 Å². The molecule has 2 aromatic carbocycles. The van der Waals surface area contributed by atoms with Crippen molar-refractivity contribution in [2.24, 2.45) is 0 Å². The van der Waals surface area contributed by atoms with E-state index in [2.05, 4.69) is 5.32 Å². The summed E-state index contributed by atoms with van der Waals surface area (Å²) in [7, 11) is 0. The minimum absolute atomic E-state index is 0.241. The van der Waals surface area contributed by atoms with Crippen LogP contribution >= 0.6 is 11.6 Å². The minimum Gasteiger partial charge on any atom is -0.457 e. The van der Waals surface area contributed by atoms with Gasteiger partial charge in [-0.1, -0.05) is 41.9 Å². The number of carbonyl (C=O) groups is 1. The molecular formula is C18H18ClNO2. The molecule has 3 nitrogen and oxygen atoms in total. The zero-order chi connectivity index (χ0) is 16.0. The first-order valence-electron chi connectivity index (χ1n) is 6.93. The first-order chi connectivity index (χ1) is 10.5. The summed E-state index contributed by atoms with van der Waals surface area (Å²) in [4.78, 5) is 11.7. The summed E-state index contributed by atoms with van der Waals surface area (Å²) >= 11 is 5.43. The maximum atomic E-state index is 11.7. The molecule has 0 aliphatic rings. The van der Waals surface area contributed by atoms with Gasteiger partial charge in [0.05, 0.1) is 5.54 Å². The van der Waals surface area contributed by atoms with Gasteiger partial charge in [0, 0.05) is 11.6 Å². The van der Waals surface area contributed by atoms with Gasteiger partial charge in [-0.3, -0.25) is 4.79 Å². The van der Waals surface area contributed by atoms with E-state index in [1.54, 1.807) is 0 Å². The summed E-state index contributed by atoms with van der Waals surface area (Å²) in [5.41, 5.74) is 1.60. The number of hydrogen-bond acceptors (Lipinski definition) is 2. The van der Waals surface area contributed by atoms with Gasteiger partial charge in [-0.2, -0.15) is 0 Å². The molecule has 0 aliphatic carbocycles. The fourth-order valence-electron chi connectivity index (χ4n) is 2.05. The van der Waals surface area contributed by atoms with E-state index in [-0.39, 0.29) is 5.91 Å². The van der Waals surface area contributed by atoms with E-state index in [0.29, 0.717) is 0 Å². The lowest BCUT2D eigenvalue weighted by Crippen LogP contribution is -2.40. The summed E-state index contributed by atoms with van der Waals surface area (Å²) in [6, 6.07) is 17.2. The summed E-state index contributed by atoms with van der Waals surface area (Å²) in [6.07, 6.45) is 1.29. The molecule has 0 fully saturated rings. The highest BCUT2D eigenvalue weighted by Crippen LogP contribution is 2.27. The van der Waals surface area contributed by atoms with E-state index in [4.69, 9.17) is 16.3 Å². The van der Waals surface area contributed by atoms with Crippen molar-refractivity contribution in [3.05, 3.63) is 71.8 Å². The molecule has 0 aromatic heterocycles. The van der Waals surface area contributed by atoms with Crippen molar-refractivity contribution in [1.82, 2.24) is 5.32 Å². The van der Waals surface area contributed by atoms with Crippen LogP contribution in [0.3, 0.4) is 0 Å². The Balaban J connectivity index is 2.18. The third-order valence-corrected chi connectivity index (χ3v) is 3.31. The molecule has 0 radical (unpaired) electrons. The molecule has 0 saturated carbocycles. The quantitative estimate of drug-likeness (QED) is 0.820. The zero-order valence-electron chi connectivity index (χ0n) is 12.5. The molecular weight excluding hydrogens is 298 g/mol. The minimum atomic E-state index is -0.538. The average molecular weight is 316 g/mol. The topological polar surface area (TPSA) is 38.3 Å². The van der Waals surface area contributed by atoms with E-state index in [1.807, 2.05) is 68.4 Å². The summed E-state index contributed by atoms with van der Waals surface area (Å²) < 4.78 is 5.82. The second kappa shape index (κ2) is 7.14. The van der Waals surface area contributed by atoms with Crippen molar-refractivity contribution < 1.29 is 9.53 Å². The van der Waals surface area contributed by atoms with Gasteiger partial charge in [0.25, 0.3) is 0 Å². The molecule has 2 aromatic rings. The van der Waals surface area contributed by atoms with Crippen LogP contribution in [0, 0.1) is 0 Å². The van der Waals surface area contributed by atoms with Crippen LogP contribution in [-0.4, -0.2) is 5.91 Å². The molecule has 0 heterocycles. The van der Waals surface area contributed by atoms with Gasteiger partial charge < -0.3 is 10.1 Å². The largest absolute Gasteiger partial charge is 0.457 e. The molecule has 1 amide bonds. The fourth-order valence-corrected chi connectivity index (χ4v) is 2.17. The number of ether oxygens (including phenoxy) is 1. The van der Waals surface area contributed by atoms with Crippen molar-refractivity contribution >= 4 is 17.5 Å².